The van der Waals surface area contributed by atoms with Crippen LogP contribution in [0.15, 0.2) is 47.5 Å². The number of carboxylic acid groups (broad SMARTS) is 1. The van der Waals surface area contributed by atoms with E-state index in [1.165, 1.54) is 24.4 Å². The minimum Gasteiger partial charge on any atom is -0.483 e. The molecule has 2 aromatic heterocycles. The summed E-state index contributed by atoms with van der Waals surface area (Å²) in [6.07, 6.45) is 1.95. The summed E-state index contributed by atoms with van der Waals surface area (Å²) in [6.45, 7) is 0.101. The Morgan fingerprint density at radius 3 is 2.42 bits per heavy atom. The van der Waals surface area contributed by atoms with Gasteiger partial charge in [-0.25, -0.2) is 21.8 Å². The van der Waals surface area contributed by atoms with E-state index in [2.05, 4.69) is 4.98 Å². The fourth-order valence-corrected chi connectivity index (χ4v) is 3.90. The Bertz CT molecular complexity index is 1020. The van der Waals surface area contributed by atoms with Crippen molar-refractivity contribution in [3.8, 4) is 0 Å². The number of halogens is 2. The SMILES string of the molecule is NCCc1cn(S(=O)(=O)c2ccc(F)cc2)c2ccc(Cl)nc12.O=CO. The molecule has 0 bridgehead atoms. The molecular weight excluding hydrogens is 385 g/mol. The highest BCUT2D eigenvalue weighted by Gasteiger charge is 2.22. The van der Waals surface area contributed by atoms with Gasteiger partial charge in [-0.15, -0.1) is 0 Å². The molecule has 138 valence electrons. The van der Waals surface area contributed by atoms with Gasteiger partial charge in [-0.05, 0) is 54.9 Å². The van der Waals surface area contributed by atoms with Crippen molar-refractivity contribution in [1.82, 2.24) is 8.96 Å². The zero-order valence-corrected chi connectivity index (χ0v) is 14.9. The maximum atomic E-state index is 13.0. The summed E-state index contributed by atoms with van der Waals surface area (Å²) in [6, 6.07) is 7.77. The van der Waals surface area contributed by atoms with Crippen LogP contribution in [-0.4, -0.2) is 35.5 Å². The van der Waals surface area contributed by atoms with Crippen molar-refractivity contribution in [2.45, 2.75) is 11.3 Å². The monoisotopic (exact) mass is 399 g/mol. The van der Waals surface area contributed by atoms with E-state index in [9.17, 15) is 12.8 Å². The van der Waals surface area contributed by atoms with Crippen LogP contribution >= 0.6 is 11.6 Å². The lowest BCUT2D eigenvalue weighted by Gasteiger charge is -2.07. The molecule has 0 unspecified atom stereocenters. The average molecular weight is 400 g/mol. The first-order chi connectivity index (χ1) is 12.3. The summed E-state index contributed by atoms with van der Waals surface area (Å²) in [5, 5.41) is 7.16. The van der Waals surface area contributed by atoms with Crippen LogP contribution in [0.4, 0.5) is 4.39 Å². The van der Waals surface area contributed by atoms with Crippen molar-refractivity contribution in [3.05, 3.63) is 59.1 Å². The molecule has 3 rings (SSSR count). The van der Waals surface area contributed by atoms with E-state index in [1.54, 1.807) is 6.07 Å². The van der Waals surface area contributed by atoms with Crippen molar-refractivity contribution >= 4 is 39.1 Å². The summed E-state index contributed by atoms with van der Waals surface area (Å²) in [5.41, 5.74) is 7.16. The van der Waals surface area contributed by atoms with E-state index in [0.29, 0.717) is 29.6 Å². The standard InChI is InChI=1S/C15H13ClFN3O2S.CH2O2/c16-14-6-5-13-15(19-14)10(7-8-18)9-20(13)23(21,22)12-3-1-11(17)2-4-12;2-1-3/h1-6,9H,7-8,18H2;1H,(H,2,3). The van der Waals surface area contributed by atoms with Crippen LogP contribution in [-0.2, 0) is 21.2 Å². The van der Waals surface area contributed by atoms with Gasteiger partial charge in [-0.1, -0.05) is 11.6 Å². The van der Waals surface area contributed by atoms with E-state index >= 15 is 0 Å². The second kappa shape index (κ2) is 8.26. The Morgan fingerprint density at radius 1 is 1.23 bits per heavy atom. The van der Waals surface area contributed by atoms with E-state index in [-0.39, 0.29) is 16.5 Å². The lowest BCUT2D eigenvalue weighted by molar-refractivity contribution is -0.122. The Hall–Kier alpha value is -2.49. The third kappa shape index (κ3) is 4.01. The first-order valence-corrected chi connectivity index (χ1v) is 9.12. The molecule has 0 radical (unpaired) electrons. The van der Waals surface area contributed by atoms with Gasteiger partial charge < -0.3 is 10.8 Å². The van der Waals surface area contributed by atoms with Crippen molar-refractivity contribution in [3.63, 3.8) is 0 Å². The topological polar surface area (TPSA) is 115 Å². The summed E-state index contributed by atoms with van der Waals surface area (Å²) >= 11 is 5.91. The fraction of sp³-hybridized carbons (Fsp3) is 0.125. The molecule has 0 saturated carbocycles. The summed E-state index contributed by atoms with van der Waals surface area (Å²) in [7, 11) is -3.87. The number of rotatable bonds is 4. The second-order valence-corrected chi connectivity index (χ2v) is 7.26. The Kier molecular flexibility index (Phi) is 6.30. The molecule has 0 aliphatic carbocycles. The normalized spacial score (nSPS) is 11.0. The predicted octanol–water partition coefficient (Wildman–Crippen LogP) is 2.27. The molecule has 10 heteroatoms. The first kappa shape index (κ1) is 19.8. The highest BCUT2D eigenvalue weighted by Crippen LogP contribution is 2.26. The third-order valence-corrected chi connectivity index (χ3v) is 5.34. The number of hydrogen-bond acceptors (Lipinski definition) is 5. The molecule has 2 heterocycles. The largest absolute Gasteiger partial charge is 0.483 e. The number of nitrogens with zero attached hydrogens (tertiary/aromatic N) is 2. The highest BCUT2D eigenvalue weighted by molar-refractivity contribution is 7.90. The predicted molar refractivity (Wildman–Crippen MR) is 95.2 cm³/mol. The molecular formula is C16H15ClFN3O4S. The Morgan fingerprint density at radius 2 is 1.85 bits per heavy atom. The van der Waals surface area contributed by atoms with Crippen LogP contribution in [0.1, 0.15) is 5.56 Å². The second-order valence-electron chi connectivity index (χ2n) is 5.05. The van der Waals surface area contributed by atoms with Crippen LogP contribution in [0.3, 0.4) is 0 Å². The number of fused-ring (bicyclic) bond motifs is 1. The van der Waals surface area contributed by atoms with Crippen LogP contribution < -0.4 is 5.73 Å². The van der Waals surface area contributed by atoms with Gasteiger partial charge in [-0.3, -0.25) is 4.79 Å². The van der Waals surface area contributed by atoms with Crippen molar-refractivity contribution in [2.24, 2.45) is 5.73 Å². The summed E-state index contributed by atoms with van der Waals surface area (Å²) < 4.78 is 39.8. The molecule has 0 fully saturated rings. The lowest BCUT2D eigenvalue weighted by Crippen LogP contribution is -2.12. The first-order valence-electron chi connectivity index (χ1n) is 7.30. The molecule has 3 N–H and O–H groups in total. The number of pyridine rings is 1. The molecule has 0 spiro atoms. The van der Waals surface area contributed by atoms with Crippen molar-refractivity contribution in [2.75, 3.05) is 6.54 Å². The molecule has 0 aliphatic rings. The Labute approximate surface area is 153 Å². The molecule has 0 amide bonds. The summed E-state index contributed by atoms with van der Waals surface area (Å²) in [4.78, 5) is 12.6. The third-order valence-electron chi connectivity index (χ3n) is 3.44. The van der Waals surface area contributed by atoms with Gasteiger partial charge in [0.25, 0.3) is 16.5 Å². The smallest absolute Gasteiger partial charge is 0.290 e. The van der Waals surface area contributed by atoms with Gasteiger partial charge in [0.15, 0.2) is 0 Å². The van der Waals surface area contributed by atoms with Gasteiger partial charge in [0.2, 0.25) is 0 Å². The van der Waals surface area contributed by atoms with Gasteiger partial charge in [0, 0.05) is 6.20 Å². The minimum absolute atomic E-state index is 0.00921. The number of aromatic nitrogens is 2. The summed E-state index contributed by atoms with van der Waals surface area (Å²) in [5.74, 6) is -0.501. The number of carbonyl (C=O) groups is 1. The van der Waals surface area contributed by atoms with Gasteiger partial charge >= 0.3 is 0 Å². The van der Waals surface area contributed by atoms with E-state index < -0.39 is 15.8 Å². The molecule has 0 atom stereocenters. The zero-order valence-electron chi connectivity index (χ0n) is 13.3. The number of benzene rings is 1. The molecule has 3 aromatic rings. The lowest BCUT2D eigenvalue weighted by atomic mass is 10.2. The number of hydrogen-bond donors (Lipinski definition) is 2. The fourth-order valence-electron chi connectivity index (χ4n) is 2.37. The Balaban J connectivity index is 0.000000758. The minimum atomic E-state index is -3.87. The van der Waals surface area contributed by atoms with Crippen LogP contribution in [0.2, 0.25) is 5.15 Å². The van der Waals surface area contributed by atoms with E-state index in [0.717, 1.165) is 16.1 Å². The van der Waals surface area contributed by atoms with E-state index in [1.807, 2.05) is 0 Å². The van der Waals surface area contributed by atoms with Gasteiger partial charge in [0.05, 0.1) is 15.9 Å². The molecule has 0 saturated heterocycles. The maximum Gasteiger partial charge on any atom is 0.290 e. The molecule has 0 aliphatic heterocycles. The van der Waals surface area contributed by atoms with Crippen molar-refractivity contribution in [1.29, 1.82) is 0 Å². The quantitative estimate of drug-likeness (QED) is 0.513. The zero-order chi connectivity index (χ0) is 19.3. The van der Waals surface area contributed by atoms with Crippen LogP contribution in [0, 0.1) is 5.82 Å². The van der Waals surface area contributed by atoms with E-state index in [4.69, 9.17) is 27.2 Å². The molecule has 1 aromatic carbocycles. The van der Waals surface area contributed by atoms with Crippen LogP contribution in [0.5, 0.6) is 0 Å². The average Bonchev–Trinajstić information content (AvgIpc) is 2.95. The van der Waals surface area contributed by atoms with Gasteiger partial charge in [-0.2, -0.15) is 0 Å². The number of nitrogens with two attached hydrogens (primary N) is 1. The van der Waals surface area contributed by atoms with Crippen LogP contribution in [0.25, 0.3) is 11.0 Å². The highest BCUT2D eigenvalue weighted by atomic mass is 35.5. The maximum absolute atomic E-state index is 13.0. The molecule has 7 nitrogen and oxygen atoms in total. The molecule has 26 heavy (non-hydrogen) atoms. The van der Waals surface area contributed by atoms with Crippen molar-refractivity contribution < 1.29 is 22.7 Å². The van der Waals surface area contributed by atoms with Gasteiger partial charge in [0.1, 0.15) is 11.0 Å².